The largest absolute Gasteiger partial charge is 0.504 e. The number of rotatable bonds is 4. The first-order chi connectivity index (χ1) is 6.79. The van der Waals surface area contributed by atoms with Crippen molar-refractivity contribution in [2.75, 3.05) is 7.11 Å². The molecule has 0 amide bonds. The molecule has 0 radical (unpaired) electrons. The summed E-state index contributed by atoms with van der Waals surface area (Å²) in [5.41, 5.74) is 0.833. The van der Waals surface area contributed by atoms with E-state index in [9.17, 15) is 5.11 Å². The molecule has 0 bridgehead atoms. The number of methoxy groups -OCH3 is 1. The lowest BCUT2D eigenvalue weighted by atomic mass is 10.1. The van der Waals surface area contributed by atoms with Crippen LogP contribution in [0.1, 0.15) is 18.4 Å². The molecular weight excluding hydrogens is 178 g/mol. The summed E-state index contributed by atoms with van der Waals surface area (Å²) in [5.74, 6) is 0.674. The summed E-state index contributed by atoms with van der Waals surface area (Å²) < 4.78 is 4.98. The van der Waals surface area contributed by atoms with Crippen LogP contribution < -0.4 is 4.74 Å². The highest BCUT2D eigenvalue weighted by molar-refractivity contribution is 5.45. The molecule has 1 N–H and O–H groups in total. The Bertz CT molecular complexity index is 342. The van der Waals surface area contributed by atoms with Gasteiger partial charge in [-0.3, -0.25) is 0 Å². The Morgan fingerprint density at radius 3 is 2.93 bits per heavy atom. The van der Waals surface area contributed by atoms with Crippen molar-refractivity contribution in [1.29, 1.82) is 5.26 Å². The number of ether oxygens (including phenoxy) is 1. The molecule has 0 aromatic heterocycles. The molecule has 3 nitrogen and oxygen atoms in total. The molecule has 74 valence electrons. The number of nitriles is 1. The Labute approximate surface area is 83.6 Å². The van der Waals surface area contributed by atoms with E-state index in [4.69, 9.17) is 10.00 Å². The molecule has 0 unspecified atom stereocenters. The summed E-state index contributed by atoms with van der Waals surface area (Å²) in [6, 6.07) is 7.46. The Hall–Kier alpha value is -1.69. The van der Waals surface area contributed by atoms with Crippen LogP contribution >= 0.6 is 0 Å². The third-order valence-corrected chi connectivity index (χ3v) is 2.04. The first kappa shape index (κ1) is 10.4. The smallest absolute Gasteiger partial charge is 0.160 e. The van der Waals surface area contributed by atoms with Gasteiger partial charge in [-0.05, 0) is 24.5 Å². The van der Waals surface area contributed by atoms with Crippen LogP contribution in [0.3, 0.4) is 0 Å². The van der Waals surface area contributed by atoms with Gasteiger partial charge in [-0.1, -0.05) is 12.1 Å². The molecule has 0 heterocycles. The summed E-state index contributed by atoms with van der Waals surface area (Å²) in [6.45, 7) is 0. The van der Waals surface area contributed by atoms with Crippen LogP contribution in [0.4, 0.5) is 0 Å². The zero-order chi connectivity index (χ0) is 10.4. The summed E-state index contributed by atoms with van der Waals surface area (Å²) in [4.78, 5) is 0. The Kier molecular flexibility index (Phi) is 3.81. The fraction of sp³-hybridized carbons (Fsp3) is 0.364. The number of hydrogen-bond acceptors (Lipinski definition) is 3. The van der Waals surface area contributed by atoms with Crippen molar-refractivity contribution < 1.29 is 9.84 Å². The van der Waals surface area contributed by atoms with Gasteiger partial charge in [-0.2, -0.15) is 5.26 Å². The summed E-state index contributed by atoms with van der Waals surface area (Å²) in [7, 11) is 1.52. The topological polar surface area (TPSA) is 53.2 Å². The number of benzene rings is 1. The zero-order valence-corrected chi connectivity index (χ0v) is 8.16. The molecule has 0 aliphatic heterocycles. The minimum Gasteiger partial charge on any atom is -0.504 e. The van der Waals surface area contributed by atoms with E-state index in [1.165, 1.54) is 7.11 Å². The van der Waals surface area contributed by atoms with Gasteiger partial charge in [0.25, 0.3) is 0 Å². The third-order valence-electron chi connectivity index (χ3n) is 2.04. The van der Waals surface area contributed by atoms with Crippen molar-refractivity contribution in [2.45, 2.75) is 19.3 Å². The van der Waals surface area contributed by atoms with E-state index in [1.54, 1.807) is 6.07 Å². The SMILES string of the molecule is COc1cccc(CCCC#N)c1O. The van der Waals surface area contributed by atoms with Crippen molar-refractivity contribution in [3.8, 4) is 17.6 Å². The molecule has 0 aliphatic rings. The quantitative estimate of drug-likeness (QED) is 0.742. The number of unbranched alkanes of at least 4 members (excludes halogenated alkanes) is 1. The Morgan fingerprint density at radius 1 is 1.50 bits per heavy atom. The standard InChI is InChI=1S/C11H13NO2/c1-14-10-7-4-6-9(11(10)13)5-2-3-8-12/h4,6-7,13H,2-3,5H2,1H3. The van der Waals surface area contributed by atoms with Gasteiger partial charge in [-0.15, -0.1) is 0 Å². The van der Waals surface area contributed by atoms with Gasteiger partial charge in [-0.25, -0.2) is 0 Å². The number of para-hydroxylation sites is 1. The summed E-state index contributed by atoms with van der Waals surface area (Å²) in [6.07, 6.45) is 1.98. The molecule has 0 saturated carbocycles. The molecule has 1 rings (SSSR count). The minimum absolute atomic E-state index is 0.188. The van der Waals surface area contributed by atoms with Crippen molar-refractivity contribution in [3.05, 3.63) is 23.8 Å². The van der Waals surface area contributed by atoms with Crippen molar-refractivity contribution in [2.24, 2.45) is 0 Å². The fourth-order valence-electron chi connectivity index (χ4n) is 1.29. The van der Waals surface area contributed by atoms with E-state index in [1.807, 2.05) is 12.1 Å². The Morgan fingerprint density at radius 2 is 2.29 bits per heavy atom. The molecule has 0 atom stereocenters. The summed E-state index contributed by atoms with van der Waals surface area (Å²) >= 11 is 0. The predicted octanol–water partition coefficient (Wildman–Crippen LogP) is 2.25. The first-order valence-electron chi connectivity index (χ1n) is 4.51. The number of phenolic OH excluding ortho intramolecular Hbond substituents is 1. The van der Waals surface area contributed by atoms with Crippen molar-refractivity contribution in [1.82, 2.24) is 0 Å². The molecule has 1 aromatic rings. The monoisotopic (exact) mass is 191 g/mol. The maximum absolute atomic E-state index is 9.68. The van der Waals surface area contributed by atoms with Gasteiger partial charge in [0.05, 0.1) is 13.2 Å². The zero-order valence-electron chi connectivity index (χ0n) is 8.16. The van der Waals surface area contributed by atoms with Crippen molar-refractivity contribution >= 4 is 0 Å². The van der Waals surface area contributed by atoms with E-state index in [-0.39, 0.29) is 5.75 Å². The van der Waals surface area contributed by atoms with E-state index in [2.05, 4.69) is 6.07 Å². The molecule has 14 heavy (non-hydrogen) atoms. The number of aryl methyl sites for hydroxylation is 1. The highest BCUT2D eigenvalue weighted by Gasteiger charge is 2.05. The molecular formula is C11H13NO2. The van der Waals surface area contributed by atoms with Gasteiger partial charge in [0.15, 0.2) is 11.5 Å². The lowest BCUT2D eigenvalue weighted by Crippen LogP contribution is -1.89. The second-order valence-corrected chi connectivity index (χ2v) is 2.98. The van der Waals surface area contributed by atoms with E-state index >= 15 is 0 Å². The first-order valence-corrected chi connectivity index (χ1v) is 4.51. The lowest BCUT2D eigenvalue weighted by Gasteiger charge is -2.07. The minimum atomic E-state index is 0.188. The average Bonchev–Trinajstić information content (AvgIpc) is 2.21. The average molecular weight is 191 g/mol. The van der Waals surface area contributed by atoms with Crippen LogP contribution in [-0.4, -0.2) is 12.2 Å². The van der Waals surface area contributed by atoms with Crippen molar-refractivity contribution in [3.63, 3.8) is 0 Å². The molecule has 0 saturated heterocycles. The van der Waals surface area contributed by atoms with E-state index in [0.29, 0.717) is 18.6 Å². The Balaban J connectivity index is 2.72. The molecule has 0 aliphatic carbocycles. The van der Waals surface area contributed by atoms with Crippen LogP contribution in [0.15, 0.2) is 18.2 Å². The normalized spacial score (nSPS) is 9.43. The number of hydrogen-bond donors (Lipinski definition) is 1. The summed E-state index contributed by atoms with van der Waals surface area (Å²) in [5, 5.41) is 18.1. The van der Waals surface area contributed by atoms with Gasteiger partial charge < -0.3 is 9.84 Å². The highest BCUT2D eigenvalue weighted by Crippen LogP contribution is 2.30. The van der Waals surface area contributed by atoms with Gasteiger partial charge in [0, 0.05) is 6.42 Å². The maximum Gasteiger partial charge on any atom is 0.160 e. The molecule has 3 heteroatoms. The van der Waals surface area contributed by atoms with Crippen LogP contribution in [0.25, 0.3) is 0 Å². The van der Waals surface area contributed by atoms with Gasteiger partial charge in [0.1, 0.15) is 0 Å². The molecule has 0 spiro atoms. The molecule has 1 aromatic carbocycles. The highest BCUT2D eigenvalue weighted by atomic mass is 16.5. The van der Waals surface area contributed by atoms with E-state index in [0.717, 1.165) is 12.0 Å². The second kappa shape index (κ2) is 5.13. The van der Waals surface area contributed by atoms with E-state index < -0.39 is 0 Å². The number of aromatic hydroxyl groups is 1. The van der Waals surface area contributed by atoms with Crippen LogP contribution in [-0.2, 0) is 6.42 Å². The van der Waals surface area contributed by atoms with Crippen LogP contribution in [0, 0.1) is 11.3 Å². The number of phenols is 1. The van der Waals surface area contributed by atoms with Crippen LogP contribution in [0.5, 0.6) is 11.5 Å². The van der Waals surface area contributed by atoms with Gasteiger partial charge >= 0.3 is 0 Å². The molecule has 0 fully saturated rings. The van der Waals surface area contributed by atoms with Crippen LogP contribution in [0.2, 0.25) is 0 Å². The predicted molar refractivity (Wildman–Crippen MR) is 53.2 cm³/mol. The fourth-order valence-corrected chi connectivity index (χ4v) is 1.29. The lowest BCUT2D eigenvalue weighted by molar-refractivity contribution is 0.370. The maximum atomic E-state index is 9.68. The van der Waals surface area contributed by atoms with Gasteiger partial charge in [0.2, 0.25) is 0 Å². The third kappa shape index (κ3) is 2.40. The number of nitrogens with zero attached hydrogens (tertiary/aromatic N) is 1. The second-order valence-electron chi connectivity index (χ2n) is 2.98.